The Morgan fingerprint density at radius 3 is 2.71 bits per heavy atom. The van der Waals surface area contributed by atoms with Gasteiger partial charge in [-0.2, -0.15) is 5.10 Å². The van der Waals surface area contributed by atoms with Crippen LogP contribution >= 0.6 is 23.2 Å². The first-order valence-corrected chi connectivity index (χ1v) is 10.6. The minimum atomic E-state index is -0.280. The number of furan rings is 1. The molecule has 0 fully saturated rings. The van der Waals surface area contributed by atoms with Crippen LogP contribution in [0.1, 0.15) is 28.4 Å². The molecule has 0 aliphatic heterocycles. The molecule has 1 N–H and O–H groups in total. The normalized spacial score (nSPS) is 11.1. The Balaban J connectivity index is 1.25. The fraction of sp³-hybridized carbons (Fsp3) is 0.217. The monoisotopic (exact) mass is 457 g/mol. The van der Waals surface area contributed by atoms with Gasteiger partial charge in [0.2, 0.25) is 0 Å². The zero-order valence-electron chi connectivity index (χ0n) is 16.9. The van der Waals surface area contributed by atoms with Crippen LogP contribution in [-0.2, 0) is 13.2 Å². The molecule has 160 valence electrons. The summed E-state index contributed by atoms with van der Waals surface area (Å²) >= 11 is 12.1. The van der Waals surface area contributed by atoms with Crippen molar-refractivity contribution in [3.8, 4) is 5.75 Å². The number of carbonyl (C=O) groups excluding carboxylic acids is 1. The SMILES string of the molecule is Cc1nn(CCCNC(=O)c2ccc(COc3ccc4ccccc4c3)o2)c(Cl)c1Cl. The lowest BCUT2D eigenvalue weighted by atomic mass is 10.1. The number of nitrogens with one attached hydrogen (secondary N) is 1. The molecular weight excluding hydrogens is 437 g/mol. The Morgan fingerprint density at radius 1 is 1.13 bits per heavy atom. The Kier molecular flexibility index (Phi) is 6.49. The molecule has 2 aromatic carbocycles. The Bertz CT molecular complexity index is 1220. The van der Waals surface area contributed by atoms with Crippen LogP contribution in [0.5, 0.6) is 5.75 Å². The molecule has 0 saturated heterocycles. The van der Waals surface area contributed by atoms with Gasteiger partial charge in [-0.25, -0.2) is 0 Å². The zero-order valence-corrected chi connectivity index (χ0v) is 18.4. The van der Waals surface area contributed by atoms with E-state index in [1.165, 1.54) is 0 Å². The number of halogens is 2. The zero-order chi connectivity index (χ0) is 21.8. The van der Waals surface area contributed by atoms with Crippen LogP contribution in [0, 0.1) is 6.92 Å². The molecule has 1 amide bonds. The maximum absolute atomic E-state index is 12.3. The predicted octanol–water partition coefficient (Wildman–Crippen LogP) is 5.64. The van der Waals surface area contributed by atoms with Crippen LogP contribution < -0.4 is 10.1 Å². The molecule has 4 rings (SSSR count). The highest BCUT2D eigenvalue weighted by molar-refractivity contribution is 6.41. The van der Waals surface area contributed by atoms with E-state index in [2.05, 4.69) is 16.5 Å². The third-order valence-corrected chi connectivity index (χ3v) is 5.75. The van der Waals surface area contributed by atoms with E-state index in [1.807, 2.05) is 36.4 Å². The van der Waals surface area contributed by atoms with Gasteiger partial charge in [0.15, 0.2) is 5.76 Å². The van der Waals surface area contributed by atoms with Crippen LogP contribution in [0.2, 0.25) is 10.2 Å². The van der Waals surface area contributed by atoms with Gasteiger partial charge in [-0.1, -0.05) is 53.5 Å². The smallest absolute Gasteiger partial charge is 0.286 e. The van der Waals surface area contributed by atoms with E-state index in [0.29, 0.717) is 41.1 Å². The number of rotatable bonds is 8. The van der Waals surface area contributed by atoms with Gasteiger partial charge in [-0.15, -0.1) is 0 Å². The highest BCUT2D eigenvalue weighted by Crippen LogP contribution is 2.25. The highest BCUT2D eigenvalue weighted by atomic mass is 35.5. The molecule has 8 heteroatoms. The minimum absolute atomic E-state index is 0.240. The van der Waals surface area contributed by atoms with Gasteiger partial charge in [0.25, 0.3) is 5.91 Å². The molecular formula is C23H21Cl2N3O3. The molecule has 0 aliphatic carbocycles. The van der Waals surface area contributed by atoms with E-state index in [1.54, 1.807) is 23.7 Å². The molecule has 6 nitrogen and oxygen atoms in total. The maximum atomic E-state index is 12.3. The van der Waals surface area contributed by atoms with Crippen molar-refractivity contribution in [3.05, 3.63) is 82.0 Å². The summed E-state index contributed by atoms with van der Waals surface area (Å²) in [5, 5.41) is 10.2. The molecule has 0 radical (unpaired) electrons. The highest BCUT2D eigenvalue weighted by Gasteiger charge is 2.13. The first-order chi connectivity index (χ1) is 15.0. The van der Waals surface area contributed by atoms with Crippen LogP contribution in [-0.4, -0.2) is 22.2 Å². The molecule has 0 saturated carbocycles. The third kappa shape index (κ3) is 5.03. The lowest BCUT2D eigenvalue weighted by Gasteiger charge is -2.06. The van der Waals surface area contributed by atoms with Gasteiger partial charge < -0.3 is 14.5 Å². The summed E-state index contributed by atoms with van der Waals surface area (Å²) in [7, 11) is 0. The number of aromatic nitrogens is 2. The van der Waals surface area contributed by atoms with Gasteiger partial charge in [-0.05, 0) is 48.4 Å². The lowest BCUT2D eigenvalue weighted by molar-refractivity contribution is 0.0921. The third-order valence-electron chi connectivity index (χ3n) is 4.82. The van der Waals surface area contributed by atoms with Gasteiger partial charge in [-0.3, -0.25) is 9.48 Å². The minimum Gasteiger partial charge on any atom is -0.486 e. The Morgan fingerprint density at radius 2 is 1.94 bits per heavy atom. The first kappa shape index (κ1) is 21.3. The fourth-order valence-electron chi connectivity index (χ4n) is 3.19. The molecule has 0 spiro atoms. The van der Waals surface area contributed by atoms with Gasteiger partial charge in [0.1, 0.15) is 28.3 Å². The van der Waals surface area contributed by atoms with Gasteiger partial charge in [0.05, 0.1) is 5.69 Å². The number of carbonyl (C=O) groups is 1. The molecule has 4 aromatic rings. The van der Waals surface area contributed by atoms with E-state index in [9.17, 15) is 4.79 Å². The second kappa shape index (κ2) is 9.45. The number of hydrogen-bond acceptors (Lipinski definition) is 4. The predicted molar refractivity (Wildman–Crippen MR) is 121 cm³/mol. The van der Waals surface area contributed by atoms with E-state index >= 15 is 0 Å². The Hall–Kier alpha value is -2.96. The number of nitrogens with zero attached hydrogens (tertiary/aromatic N) is 2. The van der Waals surface area contributed by atoms with Crippen molar-refractivity contribution in [1.82, 2.24) is 15.1 Å². The van der Waals surface area contributed by atoms with Crippen molar-refractivity contribution >= 4 is 39.9 Å². The fourth-order valence-corrected chi connectivity index (χ4v) is 3.58. The van der Waals surface area contributed by atoms with Crippen molar-refractivity contribution in [2.75, 3.05) is 6.54 Å². The number of benzene rings is 2. The second-order valence-electron chi connectivity index (χ2n) is 7.09. The second-order valence-corrected chi connectivity index (χ2v) is 7.82. The van der Waals surface area contributed by atoms with Gasteiger partial charge >= 0.3 is 0 Å². The summed E-state index contributed by atoms with van der Waals surface area (Å²) in [6.07, 6.45) is 0.654. The summed E-state index contributed by atoms with van der Waals surface area (Å²) in [4.78, 5) is 12.3. The average molecular weight is 458 g/mol. The maximum Gasteiger partial charge on any atom is 0.286 e. The van der Waals surface area contributed by atoms with E-state index < -0.39 is 0 Å². The van der Waals surface area contributed by atoms with Crippen molar-refractivity contribution in [2.24, 2.45) is 0 Å². The van der Waals surface area contributed by atoms with Crippen LogP contribution in [0.4, 0.5) is 0 Å². The average Bonchev–Trinajstić information content (AvgIpc) is 3.36. The van der Waals surface area contributed by atoms with Gasteiger partial charge in [0, 0.05) is 13.1 Å². The largest absolute Gasteiger partial charge is 0.486 e. The summed E-state index contributed by atoms with van der Waals surface area (Å²) in [6, 6.07) is 17.4. The van der Waals surface area contributed by atoms with E-state index in [-0.39, 0.29) is 18.3 Å². The summed E-state index contributed by atoms with van der Waals surface area (Å²) in [6.45, 7) is 3.04. The Labute approximate surface area is 189 Å². The molecule has 0 atom stereocenters. The molecule has 31 heavy (non-hydrogen) atoms. The lowest BCUT2D eigenvalue weighted by Crippen LogP contribution is -2.25. The standard InChI is InChI=1S/C23H21Cl2N3O3/c1-15-21(24)22(25)28(27-15)12-4-11-26-23(29)20-10-9-19(31-20)14-30-18-8-7-16-5-2-3-6-17(16)13-18/h2-3,5-10,13H,4,11-12,14H2,1H3,(H,26,29). The van der Waals surface area contributed by atoms with Crippen LogP contribution in [0.25, 0.3) is 10.8 Å². The molecule has 2 heterocycles. The van der Waals surface area contributed by atoms with Crippen molar-refractivity contribution < 1.29 is 13.9 Å². The van der Waals surface area contributed by atoms with Crippen LogP contribution in [0.15, 0.2) is 59.0 Å². The molecule has 0 aliphatic rings. The van der Waals surface area contributed by atoms with E-state index in [0.717, 1.165) is 16.5 Å². The number of amides is 1. The summed E-state index contributed by atoms with van der Waals surface area (Å²) in [5.74, 6) is 1.28. The topological polar surface area (TPSA) is 69.3 Å². The quantitative estimate of drug-likeness (QED) is 0.347. The summed E-state index contributed by atoms with van der Waals surface area (Å²) < 4.78 is 13.0. The van der Waals surface area contributed by atoms with Crippen molar-refractivity contribution in [3.63, 3.8) is 0 Å². The van der Waals surface area contributed by atoms with E-state index in [4.69, 9.17) is 32.4 Å². The molecule has 2 aromatic heterocycles. The summed E-state index contributed by atoms with van der Waals surface area (Å²) in [5.41, 5.74) is 0.685. The number of ether oxygens (including phenoxy) is 1. The molecule has 0 unspecified atom stereocenters. The van der Waals surface area contributed by atoms with Crippen molar-refractivity contribution in [2.45, 2.75) is 26.5 Å². The number of fused-ring (bicyclic) bond motifs is 1. The number of aryl methyl sites for hydroxylation is 2. The van der Waals surface area contributed by atoms with Crippen molar-refractivity contribution in [1.29, 1.82) is 0 Å². The molecule has 0 bridgehead atoms. The van der Waals surface area contributed by atoms with Crippen LogP contribution in [0.3, 0.4) is 0 Å². The first-order valence-electron chi connectivity index (χ1n) is 9.88. The number of hydrogen-bond donors (Lipinski definition) is 1.